The maximum Gasteiger partial charge on any atom is 0.174 e. The molecule has 0 N–H and O–H groups in total. The minimum absolute atomic E-state index is 0.110. The van der Waals surface area contributed by atoms with Crippen molar-refractivity contribution in [2.75, 3.05) is 5.75 Å². The second-order valence-corrected chi connectivity index (χ2v) is 6.17. The quantitative estimate of drug-likeness (QED) is 0.611. The van der Waals surface area contributed by atoms with Gasteiger partial charge in [-0.15, -0.1) is 0 Å². The van der Waals surface area contributed by atoms with Crippen LogP contribution in [0.5, 0.6) is 0 Å². The summed E-state index contributed by atoms with van der Waals surface area (Å²) in [6.07, 6.45) is 0. The van der Waals surface area contributed by atoms with Crippen LogP contribution in [-0.2, 0) is 0 Å². The van der Waals surface area contributed by atoms with Gasteiger partial charge in [-0.25, -0.2) is 4.98 Å². The molecule has 98 valence electrons. The van der Waals surface area contributed by atoms with Crippen LogP contribution in [0.25, 0.3) is 0 Å². The number of hydrogen-bond acceptors (Lipinski definition) is 3. The van der Waals surface area contributed by atoms with E-state index in [1.807, 2.05) is 50.2 Å². The molecule has 1 heterocycles. The number of halogens is 1. The van der Waals surface area contributed by atoms with Gasteiger partial charge in [0.25, 0.3) is 0 Å². The highest BCUT2D eigenvalue weighted by molar-refractivity contribution is 9.10. The van der Waals surface area contributed by atoms with Crippen LogP contribution in [0.3, 0.4) is 0 Å². The van der Waals surface area contributed by atoms with E-state index >= 15 is 0 Å². The van der Waals surface area contributed by atoms with Crippen molar-refractivity contribution in [1.29, 1.82) is 0 Å². The number of carbonyl (C=O) groups excluding carboxylic acids is 1. The van der Waals surface area contributed by atoms with Crippen molar-refractivity contribution in [1.82, 2.24) is 4.98 Å². The van der Waals surface area contributed by atoms with Gasteiger partial charge in [0.15, 0.2) is 5.78 Å². The minimum Gasteiger partial charge on any atom is -0.293 e. The van der Waals surface area contributed by atoms with Crippen molar-refractivity contribution < 1.29 is 4.79 Å². The largest absolute Gasteiger partial charge is 0.293 e. The van der Waals surface area contributed by atoms with Crippen molar-refractivity contribution in [3.05, 3.63) is 57.7 Å². The third-order valence-electron chi connectivity index (χ3n) is 2.60. The number of benzene rings is 1. The lowest BCUT2D eigenvalue weighted by Crippen LogP contribution is -2.03. The highest BCUT2D eigenvalue weighted by atomic mass is 79.9. The highest BCUT2D eigenvalue weighted by Crippen LogP contribution is 2.22. The number of pyridine rings is 1. The average Bonchev–Trinajstić information content (AvgIpc) is 2.35. The summed E-state index contributed by atoms with van der Waals surface area (Å²) in [5.74, 6) is 0.511. The van der Waals surface area contributed by atoms with Gasteiger partial charge in [0.05, 0.1) is 10.8 Å². The topological polar surface area (TPSA) is 30.0 Å². The third-order valence-corrected chi connectivity index (χ3v) is 4.20. The van der Waals surface area contributed by atoms with Crippen molar-refractivity contribution in [3.8, 4) is 0 Å². The van der Waals surface area contributed by atoms with Gasteiger partial charge in [-0.1, -0.05) is 45.9 Å². The Hall–Kier alpha value is -1.13. The molecule has 1 aromatic heterocycles. The molecule has 0 unspecified atom stereocenters. The first-order valence-electron chi connectivity index (χ1n) is 5.92. The normalized spacial score (nSPS) is 10.5. The Morgan fingerprint density at radius 2 is 2.00 bits per heavy atom. The molecule has 4 heteroatoms. The third kappa shape index (κ3) is 3.91. The van der Waals surface area contributed by atoms with E-state index in [-0.39, 0.29) is 5.78 Å². The summed E-state index contributed by atoms with van der Waals surface area (Å²) < 4.78 is 0.842. The van der Waals surface area contributed by atoms with Crippen molar-refractivity contribution in [2.24, 2.45) is 0 Å². The zero-order valence-corrected chi connectivity index (χ0v) is 13.2. The molecule has 0 saturated heterocycles. The lowest BCUT2D eigenvalue weighted by atomic mass is 10.1. The Balaban J connectivity index is 2.07. The molecule has 19 heavy (non-hydrogen) atoms. The minimum atomic E-state index is 0.110. The second-order valence-electron chi connectivity index (χ2n) is 4.32. The monoisotopic (exact) mass is 335 g/mol. The fourth-order valence-electron chi connectivity index (χ4n) is 1.78. The molecule has 0 fully saturated rings. The first-order valence-corrected chi connectivity index (χ1v) is 7.70. The molecular formula is C15H14BrNOS. The Kier molecular flexibility index (Phi) is 4.77. The number of Topliss-reactive ketones (excluding diaryl/α,β-unsaturated/α-hetero) is 1. The van der Waals surface area contributed by atoms with Gasteiger partial charge >= 0.3 is 0 Å². The lowest BCUT2D eigenvalue weighted by Gasteiger charge is -2.05. The number of rotatable bonds is 4. The van der Waals surface area contributed by atoms with Gasteiger partial charge in [0.2, 0.25) is 0 Å². The van der Waals surface area contributed by atoms with E-state index in [0.29, 0.717) is 5.75 Å². The standard InChI is InChI=1S/C15H14BrNOS/c1-10-7-11(2)17-15(8-10)19-9-14(18)12-5-3-4-6-13(12)16/h3-8H,9H2,1-2H3. The molecule has 0 amide bonds. The summed E-state index contributed by atoms with van der Waals surface area (Å²) >= 11 is 4.88. The Morgan fingerprint density at radius 1 is 1.26 bits per heavy atom. The maximum atomic E-state index is 12.1. The Morgan fingerprint density at radius 3 is 2.68 bits per heavy atom. The first kappa shape index (κ1) is 14.3. The predicted molar refractivity (Wildman–Crippen MR) is 82.9 cm³/mol. The number of carbonyl (C=O) groups is 1. The molecule has 2 nitrogen and oxygen atoms in total. The van der Waals surface area contributed by atoms with Gasteiger partial charge in [-0.2, -0.15) is 0 Å². The summed E-state index contributed by atoms with van der Waals surface area (Å²) in [6.45, 7) is 4.00. The molecular weight excluding hydrogens is 322 g/mol. The van der Waals surface area contributed by atoms with Gasteiger partial charge in [-0.05, 0) is 37.6 Å². The van der Waals surface area contributed by atoms with Crippen molar-refractivity contribution in [3.63, 3.8) is 0 Å². The van der Waals surface area contributed by atoms with Gasteiger partial charge in [-0.3, -0.25) is 4.79 Å². The molecule has 0 aliphatic rings. The lowest BCUT2D eigenvalue weighted by molar-refractivity contribution is 0.102. The number of aryl methyl sites for hydroxylation is 2. The van der Waals surface area contributed by atoms with Crippen molar-refractivity contribution in [2.45, 2.75) is 18.9 Å². The van der Waals surface area contributed by atoms with E-state index in [1.165, 1.54) is 17.3 Å². The molecule has 2 aromatic rings. The molecule has 0 bridgehead atoms. The molecule has 0 radical (unpaired) electrons. The van der Waals surface area contributed by atoms with Gasteiger partial charge < -0.3 is 0 Å². The summed E-state index contributed by atoms with van der Waals surface area (Å²) in [5, 5.41) is 0.901. The van der Waals surface area contributed by atoms with Crippen LogP contribution in [-0.4, -0.2) is 16.5 Å². The van der Waals surface area contributed by atoms with E-state index in [9.17, 15) is 4.79 Å². The predicted octanol–water partition coefficient (Wildman–Crippen LogP) is 4.44. The number of nitrogens with zero attached hydrogens (tertiary/aromatic N) is 1. The highest BCUT2D eigenvalue weighted by Gasteiger charge is 2.10. The summed E-state index contributed by atoms with van der Waals surface area (Å²) in [6, 6.07) is 11.5. The molecule has 0 aliphatic heterocycles. The Labute approximate surface area is 125 Å². The first-order chi connectivity index (χ1) is 9.06. The van der Waals surface area contributed by atoms with Gasteiger partial charge in [0.1, 0.15) is 0 Å². The van der Waals surface area contributed by atoms with Crippen LogP contribution in [0.2, 0.25) is 0 Å². The van der Waals surface area contributed by atoms with E-state index in [1.54, 1.807) is 0 Å². The smallest absolute Gasteiger partial charge is 0.174 e. The zero-order valence-electron chi connectivity index (χ0n) is 10.8. The fourth-order valence-corrected chi connectivity index (χ4v) is 3.20. The van der Waals surface area contributed by atoms with Crippen LogP contribution >= 0.6 is 27.7 Å². The van der Waals surface area contributed by atoms with Crippen molar-refractivity contribution >= 4 is 33.5 Å². The number of hydrogen-bond donors (Lipinski definition) is 0. The molecule has 0 saturated carbocycles. The molecule has 0 atom stereocenters. The van der Waals surface area contributed by atoms with Crippen LogP contribution in [0, 0.1) is 13.8 Å². The average molecular weight is 336 g/mol. The summed E-state index contributed by atoms with van der Waals surface area (Å²) in [7, 11) is 0. The fraction of sp³-hybridized carbons (Fsp3) is 0.200. The van der Waals surface area contributed by atoms with E-state index in [2.05, 4.69) is 20.9 Å². The zero-order chi connectivity index (χ0) is 13.8. The Bertz CT molecular complexity index is 593. The number of aromatic nitrogens is 1. The van der Waals surface area contributed by atoms with Crippen LogP contribution in [0.1, 0.15) is 21.6 Å². The number of thioether (sulfide) groups is 1. The summed E-state index contributed by atoms with van der Waals surface area (Å²) in [5.41, 5.74) is 2.87. The van der Waals surface area contributed by atoms with E-state index in [0.717, 1.165) is 20.8 Å². The molecule has 1 aromatic carbocycles. The van der Waals surface area contributed by atoms with Gasteiger partial charge in [0, 0.05) is 15.7 Å². The van der Waals surface area contributed by atoms with Crippen LogP contribution in [0.4, 0.5) is 0 Å². The van der Waals surface area contributed by atoms with E-state index in [4.69, 9.17) is 0 Å². The second kappa shape index (κ2) is 6.35. The molecule has 0 spiro atoms. The molecule has 0 aliphatic carbocycles. The SMILES string of the molecule is Cc1cc(C)nc(SCC(=O)c2ccccc2Br)c1. The summed E-state index contributed by atoms with van der Waals surface area (Å²) in [4.78, 5) is 16.6. The van der Waals surface area contributed by atoms with Crippen LogP contribution in [0.15, 0.2) is 45.9 Å². The van der Waals surface area contributed by atoms with Crippen LogP contribution < -0.4 is 0 Å². The number of ketones is 1. The molecule has 2 rings (SSSR count). The maximum absolute atomic E-state index is 12.1. The van der Waals surface area contributed by atoms with E-state index < -0.39 is 0 Å².